The first kappa shape index (κ1) is 19.8. The third-order valence-corrected chi connectivity index (χ3v) is 5.04. The summed E-state index contributed by atoms with van der Waals surface area (Å²) in [6.45, 7) is 1.74. The van der Waals surface area contributed by atoms with Crippen molar-refractivity contribution in [3.05, 3.63) is 95.8 Å². The Bertz CT molecular complexity index is 1190. The highest BCUT2D eigenvalue weighted by atomic mass is 19.2. The summed E-state index contributed by atoms with van der Waals surface area (Å²) in [5, 5.41) is 2.84. The van der Waals surface area contributed by atoms with Crippen LogP contribution in [0.1, 0.15) is 30.8 Å². The smallest absolute Gasteiger partial charge is 0.220 e. The number of carbonyl (C=O) groups is 1. The topological polar surface area (TPSA) is 46.9 Å². The number of halogens is 2. The molecule has 1 heterocycles. The number of hydrogen-bond acceptors (Lipinski definition) is 2. The molecular formula is C24H21F2N3O. The van der Waals surface area contributed by atoms with Gasteiger partial charge in [-0.3, -0.25) is 9.36 Å². The van der Waals surface area contributed by atoms with E-state index in [2.05, 4.69) is 9.88 Å². The van der Waals surface area contributed by atoms with Crippen molar-refractivity contribution in [1.29, 1.82) is 0 Å². The average Bonchev–Trinajstić information content (AvgIpc) is 3.13. The van der Waals surface area contributed by atoms with Gasteiger partial charge in [0.2, 0.25) is 5.91 Å². The molecule has 0 radical (unpaired) electrons. The summed E-state index contributed by atoms with van der Waals surface area (Å²) in [4.78, 5) is 17.2. The minimum absolute atomic E-state index is 0.182. The molecule has 1 N–H and O–H groups in total. The zero-order valence-electron chi connectivity index (χ0n) is 16.5. The van der Waals surface area contributed by atoms with Crippen LogP contribution in [0.2, 0.25) is 0 Å². The third kappa shape index (κ3) is 4.08. The Balaban J connectivity index is 1.51. The van der Waals surface area contributed by atoms with E-state index in [0.717, 1.165) is 34.7 Å². The number of rotatable bonds is 6. The monoisotopic (exact) mass is 405 g/mol. The second-order valence-electron chi connectivity index (χ2n) is 7.15. The molecule has 30 heavy (non-hydrogen) atoms. The van der Waals surface area contributed by atoms with Gasteiger partial charge in [0.25, 0.3) is 0 Å². The van der Waals surface area contributed by atoms with Gasteiger partial charge in [-0.05, 0) is 48.9 Å². The van der Waals surface area contributed by atoms with E-state index in [1.54, 1.807) is 6.92 Å². The normalized spacial score (nSPS) is 12.1. The van der Waals surface area contributed by atoms with Gasteiger partial charge in [0.15, 0.2) is 11.6 Å². The molecular weight excluding hydrogens is 384 g/mol. The van der Waals surface area contributed by atoms with Gasteiger partial charge in [-0.1, -0.05) is 36.4 Å². The number of carbonyl (C=O) groups excluding carboxylic acids is 1. The largest absolute Gasteiger partial charge is 0.350 e. The third-order valence-electron chi connectivity index (χ3n) is 5.04. The summed E-state index contributed by atoms with van der Waals surface area (Å²) in [5.74, 6) is -1.22. The van der Waals surface area contributed by atoms with Crippen LogP contribution >= 0.6 is 0 Å². The molecule has 1 aromatic heterocycles. The van der Waals surface area contributed by atoms with Crippen LogP contribution in [0.5, 0.6) is 0 Å². The van der Waals surface area contributed by atoms with Crippen molar-refractivity contribution in [1.82, 2.24) is 14.9 Å². The number of fused-ring (bicyclic) bond motifs is 1. The van der Waals surface area contributed by atoms with Crippen LogP contribution < -0.4 is 5.32 Å². The van der Waals surface area contributed by atoms with Crippen LogP contribution in [0.4, 0.5) is 8.78 Å². The maximum absolute atomic E-state index is 13.5. The quantitative estimate of drug-likeness (QED) is 0.484. The molecule has 4 aromatic rings. The molecule has 0 bridgehead atoms. The van der Waals surface area contributed by atoms with Gasteiger partial charge < -0.3 is 5.32 Å². The molecule has 0 spiro atoms. The molecule has 1 atom stereocenters. The second-order valence-corrected chi connectivity index (χ2v) is 7.15. The van der Waals surface area contributed by atoms with Crippen molar-refractivity contribution >= 4 is 16.9 Å². The fraction of sp³-hybridized carbons (Fsp3) is 0.167. The van der Waals surface area contributed by atoms with Gasteiger partial charge in [-0.15, -0.1) is 0 Å². The summed E-state index contributed by atoms with van der Waals surface area (Å²) < 4.78 is 28.6. The number of nitrogens with zero attached hydrogens (tertiary/aromatic N) is 2. The minimum atomic E-state index is -0.926. The highest BCUT2D eigenvalue weighted by Gasteiger charge is 2.16. The maximum atomic E-state index is 13.5. The van der Waals surface area contributed by atoms with Crippen molar-refractivity contribution < 1.29 is 13.6 Å². The predicted octanol–water partition coefficient (Wildman–Crippen LogP) is 5.11. The number of amides is 1. The molecule has 3 aromatic carbocycles. The summed E-state index contributed by atoms with van der Waals surface area (Å²) in [7, 11) is 0. The minimum Gasteiger partial charge on any atom is -0.350 e. The number of nitrogens with one attached hydrogen (secondary N) is 1. The Kier molecular flexibility index (Phi) is 5.57. The molecule has 152 valence electrons. The van der Waals surface area contributed by atoms with Crippen LogP contribution in [0.3, 0.4) is 0 Å². The van der Waals surface area contributed by atoms with E-state index < -0.39 is 17.7 Å². The number of para-hydroxylation sites is 3. The van der Waals surface area contributed by atoms with E-state index in [0.29, 0.717) is 12.0 Å². The average molecular weight is 405 g/mol. The molecule has 6 heteroatoms. The maximum Gasteiger partial charge on any atom is 0.220 e. The Morgan fingerprint density at radius 1 is 1.00 bits per heavy atom. The molecule has 0 aliphatic heterocycles. The summed E-state index contributed by atoms with van der Waals surface area (Å²) in [6.07, 6.45) is 0.671. The van der Waals surface area contributed by atoms with E-state index in [1.807, 2.05) is 54.6 Å². The first-order valence-electron chi connectivity index (χ1n) is 9.79. The van der Waals surface area contributed by atoms with Gasteiger partial charge >= 0.3 is 0 Å². The van der Waals surface area contributed by atoms with Crippen LogP contribution in [0, 0.1) is 11.6 Å². The van der Waals surface area contributed by atoms with E-state index in [-0.39, 0.29) is 12.3 Å². The van der Waals surface area contributed by atoms with Crippen LogP contribution in [0.25, 0.3) is 16.7 Å². The van der Waals surface area contributed by atoms with E-state index in [9.17, 15) is 13.6 Å². The van der Waals surface area contributed by atoms with Crippen LogP contribution in [-0.2, 0) is 11.2 Å². The Morgan fingerprint density at radius 2 is 1.73 bits per heavy atom. The standard InChI is InChI=1S/C24H21F2N3O/c1-16(17-11-12-19(25)20(26)15-17)27-24(30)14-13-23-28-21-9-5-6-10-22(21)29(23)18-7-3-2-4-8-18/h2-12,15-16H,13-14H2,1H3,(H,27,30). The van der Waals surface area contributed by atoms with Crippen LogP contribution in [0.15, 0.2) is 72.8 Å². The fourth-order valence-corrected chi connectivity index (χ4v) is 3.51. The Morgan fingerprint density at radius 3 is 2.50 bits per heavy atom. The molecule has 0 saturated carbocycles. The van der Waals surface area contributed by atoms with E-state index in [4.69, 9.17) is 4.98 Å². The van der Waals surface area contributed by atoms with Crippen molar-refractivity contribution in [3.8, 4) is 5.69 Å². The van der Waals surface area contributed by atoms with Gasteiger partial charge in [0, 0.05) is 18.5 Å². The first-order valence-corrected chi connectivity index (χ1v) is 9.79. The van der Waals surface area contributed by atoms with Crippen molar-refractivity contribution in [2.45, 2.75) is 25.8 Å². The highest BCUT2D eigenvalue weighted by molar-refractivity contribution is 5.79. The number of hydrogen-bond donors (Lipinski definition) is 1. The molecule has 0 saturated heterocycles. The highest BCUT2D eigenvalue weighted by Crippen LogP contribution is 2.22. The van der Waals surface area contributed by atoms with Gasteiger partial charge in [-0.25, -0.2) is 13.8 Å². The molecule has 0 aliphatic rings. The van der Waals surface area contributed by atoms with Gasteiger partial charge in [0.1, 0.15) is 5.82 Å². The van der Waals surface area contributed by atoms with E-state index in [1.165, 1.54) is 6.07 Å². The van der Waals surface area contributed by atoms with Crippen molar-refractivity contribution in [2.24, 2.45) is 0 Å². The SMILES string of the molecule is CC(NC(=O)CCc1nc2ccccc2n1-c1ccccc1)c1ccc(F)c(F)c1. The van der Waals surface area contributed by atoms with Gasteiger partial charge in [0.05, 0.1) is 17.1 Å². The first-order chi connectivity index (χ1) is 14.5. The van der Waals surface area contributed by atoms with Crippen molar-refractivity contribution in [3.63, 3.8) is 0 Å². The van der Waals surface area contributed by atoms with Gasteiger partial charge in [-0.2, -0.15) is 0 Å². The molecule has 1 amide bonds. The zero-order valence-corrected chi connectivity index (χ0v) is 16.5. The second kappa shape index (κ2) is 8.45. The molecule has 4 rings (SSSR count). The molecule has 4 nitrogen and oxygen atoms in total. The predicted molar refractivity (Wildman–Crippen MR) is 112 cm³/mol. The van der Waals surface area contributed by atoms with Crippen LogP contribution in [-0.4, -0.2) is 15.5 Å². The lowest BCUT2D eigenvalue weighted by atomic mass is 10.1. The number of benzene rings is 3. The zero-order chi connectivity index (χ0) is 21.1. The Labute approximate surface area is 173 Å². The summed E-state index contributed by atoms with van der Waals surface area (Å²) in [6, 6.07) is 20.9. The lowest BCUT2D eigenvalue weighted by Crippen LogP contribution is -2.27. The number of imidazole rings is 1. The van der Waals surface area contributed by atoms with E-state index >= 15 is 0 Å². The Hall–Kier alpha value is -3.54. The lowest BCUT2D eigenvalue weighted by molar-refractivity contribution is -0.121. The lowest BCUT2D eigenvalue weighted by Gasteiger charge is -2.15. The molecule has 0 fully saturated rings. The fourth-order valence-electron chi connectivity index (χ4n) is 3.51. The summed E-state index contributed by atoms with van der Waals surface area (Å²) >= 11 is 0. The van der Waals surface area contributed by atoms with Crippen molar-refractivity contribution in [2.75, 3.05) is 0 Å². The number of aromatic nitrogens is 2. The summed E-state index contributed by atoms with van der Waals surface area (Å²) in [5.41, 5.74) is 3.34. The number of aryl methyl sites for hydroxylation is 1. The molecule has 1 unspecified atom stereocenters. The molecule has 0 aliphatic carbocycles.